The number of nitrogens with zero attached hydrogens (tertiary/aromatic N) is 1. The van der Waals surface area contributed by atoms with E-state index in [0.717, 1.165) is 17.4 Å². The molecule has 1 heterocycles. The van der Waals surface area contributed by atoms with Crippen LogP contribution >= 0.6 is 15.9 Å². The molecule has 0 amide bonds. The zero-order valence-corrected chi connectivity index (χ0v) is 12.0. The zero-order chi connectivity index (χ0) is 12.3. The van der Waals surface area contributed by atoms with E-state index in [4.69, 9.17) is 0 Å². The summed E-state index contributed by atoms with van der Waals surface area (Å²) in [6.07, 6.45) is 0.979. The van der Waals surface area contributed by atoms with Crippen LogP contribution in [0.2, 0.25) is 0 Å². The third kappa shape index (κ3) is 4.08. The summed E-state index contributed by atoms with van der Waals surface area (Å²) in [5, 5.41) is 0. The predicted molar refractivity (Wildman–Crippen MR) is 72.9 cm³/mol. The Hall–Kier alpha value is -0.390. The van der Waals surface area contributed by atoms with Crippen molar-refractivity contribution in [2.24, 2.45) is 0 Å². The van der Waals surface area contributed by atoms with Crippen LogP contribution in [0, 0.1) is 0 Å². The molecule has 2 rings (SSSR count). The second-order valence-electron chi connectivity index (χ2n) is 4.37. The Morgan fingerprint density at radius 2 is 1.71 bits per heavy atom. The largest absolute Gasteiger partial charge is 0.301 e. The molecule has 0 aromatic heterocycles. The van der Waals surface area contributed by atoms with E-state index in [0.29, 0.717) is 24.6 Å². The molecule has 17 heavy (non-hydrogen) atoms. The average molecular weight is 318 g/mol. The lowest BCUT2D eigenvalue weighted by Gasteiger charge is -2.26. The van der Waals surface area contributed by atoms with E-state index in [2.05, 4.69) is 33.0 Å². The summed E-state index contributed by atoms with van der Waals surface area (Å²) in [6.45, 7) is 2.30. The van der Waals surface area contributed by atoms with E-state index >= 15 is 0 Å². The van der Waals surface area contributed by atoms with Gasteiger partial charge in [0.25, 0.3) is 0 Å². The standard InChI is InChI=1S/C12H16BrNO2S/c13-12-3-1-11(2-4-12)5-6-14-7-9-17(15,16)10-8-14/h1-4H,5-10H2. The first-order valence-corrected chi connectivity index (χ1v) is 8.34. The molecule has 1 aromatic rings. The second-order valence-corrected chi connectivity index (χ2v) is 7.59. The molecule has 1 aliphatic heterocycles. The van der Waals surface area contributed by atoms with Crippen LogP contribution in [0.5, 0.6) is 0 Å². The van der Waals surface area contributed by atoms with E-state index in [1.54, 1.807) is 0 Å². The lowest BCUT2D eigenvalue weighted by molar-refractivity contribution is 0.299. The van der Waals surface area contributed by atoms with Gasteiger partial charge in [-0.25, -0.2) is 8.42 Å². The SMILES string of the molecule is O=S1(=O)CCN(CCc2ccc(Br)cc2)CC1. The van der Waals surface area contributed by atoms with E-state index in [9.17, 15) is 8.42 Å². The van der Waals surface area contributed by atoms with Crippen molar-refractivity contribution >= 4 is 25.8 Å². The van der Waals surface area contributed by atoms with Crippen molar-refractivity contribution in [3.05, 3.63) is 34.3 Å². The number of hydrogen-bond donors (Lipinski definition) is 0. The highest BCUT2D eigenvalue weighted by molar-refractivity contribution is 9.10. The molecule has 1 aromatic carbocycles. The molecule has 94 valence electrons. The molecule has 0 N–H and O–H groups in total. The Morgan fingerprint density at radius 3 is 2.29 bits per heavy atom. The second kappa shape index (κ2) is 5.50. The maximum absolute atomic E-state index is 11.3. The fraction of sp³-hybridized carbons (Fsp3) is 0.500. The van der Waals surface area contributed by atoms with Gasteiger partial charge in [0.1, 0.15) is 0 Å². The Bertz CT molecular complexity index is 456. The summed E-state index contributed by atoms with van der Waals surface area (Å²) in [6, 6.07) is 8.28. The summed E-state index contributed by atoms with van der Waals surface area (Å²) < 4.78 is 23.6. The molecule has 0 radical (unpaired) electrons. The highest BCUT2D eigenvalue weighted by atomic mass is 79.9. The first-order valence-electron chi connectivity index (χ1n) is 5.72. The molecular weight excluding hydrogens is 302 g/mol. The lowest BCUT2D eigenvalue weighted by atomic mass is 10.1. The molecule has 0 saturated carbocycles. The minimum atomic E-state index is -2.75. The molecule has 5 heteroatoms. The Balaban J connectivity index is 1.81. The number of benzene rings is 1. The van der Waals surface area contributed by atoms with Gasteiger partial charge in [-0.15, -0.1) is 0 Å². The van der Waals surface area contributed by atoms with Crippen LogP contribution in [0.15, 0.2) is 28.7 Å². The van der Waals surface area contributed by atoms with Gasteiger partial charge in [0.2, 0.25) is 0 Å². The third-order valence-electron chi connectivity index (χ3n) is 3.07. The maximum atomic E-state index is 11.3. The van der Waals surface area contributed by atoms with Gasteiger partial charge in [-0.2, -0.15) is 0 Å². The van der Waals surface area contributed by atoms with Crippen molar-refractivity contribution in [3.63, 3.8) is 0 Å². The predicted octanol–water partition coefficient (Wildman–Crippen LogP) is 1.72. The molecule has 1 fully saturated rings. The Kier molecular flexibility index (Phi) is 4.22. The highest BCUT2D eigenvalue weighted by Gasteiger charge is 2.20. The van der Waals surface area contributed by atoms with Crippen LogP contribution in [-0.2, 0) is 16.3 Å². The fourth-order valence-electron chi connectivity index (χ4n) is 1.91. The van der Waals surface area contributed by atoms with Gasteiger partial charge < -0.3 is 4.90 Å². The minimum absolute atomic E-state index is 0.313. The maximum Gasteiger partial charge on any atom is 0.152 e. The Morgan fingerprint density at radius 1 is 1.12 bits per heavy atom. The lowest BCUT2D eigenvalue weighted by Crippen LogP contribution is -2.41. The molecule has 0 aliphatic carbocycles. The minimum Gasteiger partial charge on any atom is -0.301 e. The van der Waals surface area contributed by atoms with Crippen molar-refractivity contribution in [1.29, 1.82) is 0 Å². The number of hydrogen-bond acceptors (Lipinski definition) is 3. The van der Waals surface area contributed by atoms with E-state index in [1.807, 2.05) is 12.1 Å². The Labute approximate surface area is 111 Å². The van der Waals surface area contributed by atoms with Gasteiger partial charge in [-0.1, -0.05) is 28.1 Å². The third-order valence-corrected chi connectivity index (χ3v) is 5.20. The summed E-state index contributed by atoms with van der Waals surface area (Å²) in [7, 11) is -2.75. The van der Waals surface area contributed by atoms with Crippen LogP contribution in [-0.4, -0.2) is 44.5 Å². The first kappa shape index (κ1) is 13.1. The van der Waals surface area contributed by atoms with Crippen molar-refractivity contribution < 1.29 is 8.42 Å². The van der Waals surface area contributed by atoms with Crippen LogP contribution in [0.25, 0.3) is 0 Å². The van der Waals surface area contributed by atoms with Gasteiger partial charge in [0.05, 0.1) is 11.5 Å². The molecule has 0 bridgehead atoms. The molecular formula is C12H16BrNO2S. The van der Waals surface area contributed by atoms with Gasteiger partial charge in [-0.05, 0) is 24.1 Å². The van der Waals surface area contributed by atoms with E-state index in [-0.39, 0.29) is 0 Å². The van der Waals surface area contributed by atoms with Gasteiger partial charge in [0, 0.05) is 24.1 Å². The van der Waals surface area contributed by atoms with Crippen molar-refractivity contribution in [3.8, 4) is 0 Å². The van der Waals surface area contributed by atoms with Crippen molar-refractivity contribution in [1.82, 2.24) is 4.90 Å². The number of halogens is 1. The normalized spacial score (nSPS) is 20.3. The summed E-state index contributed by atoms with van der Waals surface area (Å²) >= 11 is 3.41. The molecule has 1 saturated heterocycles. The van der Waals surface area contributed by atoms with Crippen LogP contribution in [0.3, 0.4) is 0 Å². The van der Waals surface area contributed by atoms with Gasteiger partial charge in [-0.3, -0.25) is 0 Å². The first-order chi connectivity index (χ1) is 8.05. The molecule has 0 unspecified atom stereocenters. The smallest absolute Gasteiger partial charge is 0.152 e. The van der Waals surface area contributed by atoms with Gasteiger partial charge >= 0.3 is 0 Å². The fourth-order valence-corrected chi connectivity index (χ4v) is 3.45. The average Bonchev–Trinajstić information content (AvgIpc) is 2.30. The highest BCUT2D eigenvalue weighted by Crippen LogP contribution is 2.12. The summed E-state index contributed by atoms with van der Waals surface area (Å²) in [5.41, 5.74) is 1.29. The molecule has 0 atom stereocenters. The molecule has 3 nitrogen and oxygen atoms in total. The van der Waals surface area contributed by atoms with Crippen LogP contribution < -0.4 is 0 Å². The van der Waals surface area contributed by atoms with Crippen LogP contribution in [0.4, 0.5) is 0 Å². The quantitative estimate of drug-likeness (QED) is 0.852. The van der Waals surface area contributed by atoms with Crippen LogP contribution in [0.1, 0.15) is 5.56 Å². The summed E-state index contributed by atoms with van der Waals surface area (Å²) in [5.74, 6) is 0.626. The monoisotopic (exact) mass is 317 g/mol. The number of sulfone groups is 1. The van der Waals surface area contributed by atoms with Crippen molar-refractivity contribution in [2.75, 3.05) is 31.1 Å². The number of rotatable bonds is 3. The topological polar surface area (TPSA) is 37.4 Å². The van der Waals surface area contributed by atoms with Gasteiger partial charge in [0.15, 0.2) is 9.84 Å². The van der Waals surface area contributed by atoms with E-state index < -0.39 is 9.84 Å². The molecule has 1 aliphatic rings. The zero-order valence-electron chi connectivity index (χ0n) is 9.60. The van der Waals surface area contributed by atoms with E-state index in [1.165, 1.54) is 5.56 Å². The van der Waals surface area contributed by atoms with Crippen molar-refractivity contribution in [2.45, 2.75) is 6.42 Å². The summed E-state index contributed by atoms with van der Waals surface area (Å²) in [4.78, 5) is 2.23. The molecule has 0 spiro atoms.